The van der Waals surface area contributed by atoms with Crippen molar-refractivity contribution in [2.75, 3.05) is 32.6 Å². The Labute approximate surface area is 171 Å². The number of nitrogens with one attached hydrogen (secondary N) is 3. The Balaban J connectivity index is 1.68. The molecule has 0 bridgehead atoms. The van der Waals surface area contributed by atoms with Gasteiger partial charge < -0.3 is 25.4 Å². The number of carbonyl (C=O) groups excluding carboxylic acids is 1. The minimum absolute atomic E-state index is 0.0442. The molecule has 2 aromatic rings. The van der Waals surface area contributed by atoms with Crippen molar-refractivity contribution in [1.29, 1.82) is 0 Å². The molecule has 2 aromatic carbocycles. The maximum atomic E-state index is 12.0. The predicted molar refractivity (Wildman–Crippen MR) is 115 cm³/mol. The first-order valence-corrected chi connectivity index (χ1v) is 9.76. The molecular formula is C22H28N4O3. The molecule has 0 saturated carbocycles. The fourth-order valence-electron chi connectivity index (χ4n) is 3.39. The number of rotatable bonds is 7. The molecule has 0 saturated heterocycles. The second-order valence-electron chi connectivity index (χ2n) is 6.80. The molecular weight excluding hydrogens is 368 g/mol. The standard InChI is InChI=1S/C22H28N4O3/c1-4-23-22(24-13-15-9-10-19(28-2)20(11-15)29-3)25-14-16-12-21(27)26-18-8-6-5-7-17(16)18/h5-11,16H,4,12-14H2,1-3H3,(H,26,27)(H2,23,24,25). The molecule has 1 amide bonds. The number of hydrogen-bond donors (Lipinski definition) is 3. The van der Waals surface area contributed by atoms with Gasteiger partial charge in [-0.1, -0.05) is 24.3 Å². The number of fused-ring (bicyclic) bond motifs is 1. The molecule has 7 nitrogen and oxygen atoms in total. The van der Waals surface area contributed by atoms with Crippen molar-refractivity contribution in [2.24, 2.45) is 4.99 Å². The zero-order chi connectivity index (χ0) is 20.6. The Morgan fingerprint density at radius 2 is 1.93 bits per heavy atom. The lowest BCUT2D eigenvalue weighted by Gasteiger charge is -2.26. The van der Waals surface area contributed by atoms with Gasteiger partial charge in [0.25, 0.3) is 0 Å². The molecule has 1 aliphatic rings. The lowest BCUT2D eigenvalue weighted by molar-refractivity contribution is -0.116. The largest absolute Gasteiger partial charge is 0.493 e. The van der Waals surface area contributed by atoms with E-state index in [4.69, 9.17) is 9.47 Å². The second kappa shape index (κ2) is 9.82. The lowest BCUT2D eigenvalue weighted by atomic mass is 9.90. The predicted octanol–water partition coefficient (Wildman–Crippen LogP) is 2.88. The van der Waals surface area contributed by atoms with Gasteiger partial charge in [-0.25, -0.2) is 4.99 Å². The molecule has 1 atom stereocenters. The summed E-state index contributed by atoms with van der Waals surface area (Å²) in [4.78, 5) is 16.7. The van der Waals surface area contributed by atoms with Crippen molar-refractivity contribution in [3.63, 3.8) is 0 Å². The van der Waals surface area contributed by atoms with E-state index in [1.165, 1.54) is 0 Å². The number of benzene rings is 2. The smallest absolute Gasteiger partial charge is 0.225 e. The summed E-state index contributed by atoms with van der Waals surface area (Å²) in [6.45, 7) is 3.90. The van der Waals surface area contributed by atoms with Crippen molar-refractivity contribution >= 4 is 17.6 Å². The summed E-state index contributed by atoms with van der Waals surface area (Å²) in [6.07, 6.45) is 0.457. The number of methoxy groups -OCH3 is 2. The topological polar surface area (TPSA) is 84.0 Å². The third-order valence-electron chi connectivity index (χ3n) is 4.83. The Bertz CT molecular complexity index is 882. The van der Waals surface area contributed by atoms with Crippen LogP contribution >= 0.6 is 0 Å². The van der Waals surface area contributed by atoms with Gasteiger partial charge in [-0.2, -0.15) is 0 Å². The summed E-state index contributed by atoms with van der Waals surface area (Å²) in [5.74, 6) is 2.24. The zero-order valence-corrected chi connectivity index (χ0v) is 17.1. The van der Waals surface area contributed by atoms with Crippen LogP contribution in [0.3, 0.4) is 0 Å². The van der Waals surface area contributed by atoms with E-state index in [0.29, 0.717) is 37.0 Å². The Kier molecular flexibility index (Phi) is 6.94. The van der Waals surface area contributed by atoms with Crippen LogP contribution in [0.15, 0.2) is 47.5 Å². The highest BCUT2D eigenvalue weighted by atomic mass is 16.5. The van der Waals surface area contributed by atoms with Gasteiger partial charge in [-0.05, 0) is 36.2 Å². The summed E-state index contributed by atoms with van der Waals surface area (Å²) in [7, 11) is 3.24. The van der Waals surface area contributed by atoms with Gasteiger partial charge in [0.1, 0.15) is 0 Å². The van der Waals surface area contributed by atoms with E-state index in [9.17, 15) is 4.79 Å². The molecule has 0 aromatic heterocycles. The van der Waals surface area contributed by atoms with E-state index in [1.54, 1.807) is 14.2 Å². The number of hydrogen-bond acceptors (Lipinski definition) is 4. The normalized spacial score (nSPS) is 15.9. The highest BCUT2D eigenvalue weighted by Crippen LogP contribution is 2.31. The quantitative estimate of drug-likeness (QED) is 0.495. The molecule has 0 radical (unpaired) electrons. The fourth-order valence-corrected chi connectivity index (χ4v) is 3.39. The van der Waals surface area contributed by atoms with Crippen molar-refractivity contribution in [3.05, 3.63) is 53.6 Å². The number of para-hydroxylation sites is 1. The number of guanidine groups is 1. The Hall–Kier alpha value is -3.22. The van der Waals surface area contributed by atoms with E-state index >= 15 is 0 Å². The first kappa shape index (κ1) is 20.5. The molecule has 154 valence electrons. The average Bonchev–Trinajstić information content (AvgIpc) is 2.75. The van der Waals surface area contributed by atoms with Crippen LogP contribution < -0.4 is 25.4 Å². The maximum Gasteiger partial charge on any atom is 0.225 e. The van der Waals surface area contributed by atoms with Gasteiger partial charge in [0.2, 0.25) is 5.91 Å². The van der Waals surface area contributed by atoms with Crippen molar-refractivity contribution in [2.45, 2.75) is 25.8 Å². The number of aliphatic imine (C=N–C) groups is 1. The van der Waals surface area contributed by atoms with E-state index in [1.807, 2.05) is 43.3 Å². The van der Waals surface area contributed by atoms with Gasteiger partial charge in [-0.3, -0.25) is 4.79 Å². The van der Waals surface area contributed by atoms with E-state index < -0.39 is 0 Å². The zero-order valence-electron chi connectivity index (χ0n) is 17.1. The molecule has 1 unspecified atom stereocenters. The second-order valence-corrected chi connectivity index (χ2v) is 6.80. The molecule has 7 heteroatoms. The first-order valence-electron chi connectivity index (χ1n) is 9.76. The Morgan fingerprint density at radius 1 is 1.14 bits per heavy atom. The number of nitrogens with zero attached hydrogens (tertiary/aromatic N) is 1. The summed E-state index contributed by atoms with van der Waals surface area (Å²) in [5.41, 5.74) is 3.06. The van der Waals surface area contributed by atoms with E-state index in [-0.39, 0.29) is 11.8 Å². The molecule has 3 N–H and O–H groups in total. The highest BCUT2D eigenvalue weighted by Gasteiger charge is 2.24. The summed E-state index contributed by atoms with van der Waals surface area (Å²) >= 11 is 0. The molecule has 1 aliphatic heterocycles. The summed E-state index contributed by atoms with van der Waals surface area (Å²) < 4.78 is 10.6. The number of amides is 1. The molecule has 3 rings (SSSR count). The SMILES string of the molecule is CCNC(=NCc1ccc(OC)c(OC)c1)NCC1CC(=O)Nc2ccccc21. The molecule has 0 spiro atoms. The number of ether oxygens (including phenoxy) is 2. The van der Waals surface area contributed by atoms with Gasteiger partial charge in [-0.15, -0.1) is 0 Å². The van der Waals surface area contributed by atoms with E-state index in [2.05, 4.69) is 27.0 Å². The van der Waals surface area contributed by atoms with Gasteiger partial charge in [0.05, 0.1) is 20.8 Å². The van der Waals surface area contributed by atoms with Crippen LogP contribution in [0.25, 0.3) is 0 Å². The van der Waals surface area contributed by atoms with Crippen LogP contribution in [0.1, 0.15) is 30.4 Å². The molecule has 0 fully saturated rings. The van der Waals surface area contributed by atoms with Gasteiger partial charge in [0.15, 0.2) is 17.5 Å². The van der Waals surface area contributed by atoms with Crippen LogP contribution in [0, 0.1) is 0 Å². The summed E-state index contributed by atoms with van der Waals surface area (Å²) in [6, 6.07) is 13.7. The minimum Gasteiger partial charge on any atom is -0.493 e. The van der Waals surface area contributed by atoms with Crippen LogP contribution in [-0.4, -0.2) is 39.2 Å². The monoisotopic (exact) mass is 396 g/mol. The van der Waals surface area contributed by atoms with Gasteiger partial charge >= 0.3 is 0 Å². The maximum absolute atomic E-state index is 12.0. The van der Waals surface area contributed by atoms with Crippen molar-refractivity contribution in [3.8, 4) is 11.5 Å². The van der Waals surface area contributed by atoms with Crippen LogP contribution in [0.2, 0.25) is 0 Å². The molecule has 0 aliphatic carbocycles. The Morgan fingerprint density at radius 3 is 2.69 bits per heavy atom. The number of carbonyl (C=O) groups is 1. The summed E-state index contributed by atoms with van der Waals surface area (Å²) in [5, 5.41) is 9.57. The fraction of sp³-hybridized carbons (Fsp3) is 0.364. The van der Waals surface area contributed by atoms with E-state index in [0.717, 1.165) is 23.4 Å². The van der Waals surface area contributed by atoms with Gasteiger partial charge in [0, 0.05) is 31.1 Å². The third kappa shape index (κ3) is 5.19. The lowest BCUT2D eigenvalue weighted by Crippen LogP contribution is -2.40. The third-order valence-corrected chi connectivity index (χ3v) is 4.83. The van der Waals surface area contributed by atoms with Crippen molar-refractivity contribution in [1.82, 2.24) is 10.6 Å². The molecule has 29 heavy (non-hydrogen) atoms. The average molecular weight is 396 g/mol. The highest BCUT2D eigenvalue weighted by molar-refractivity contribution is 5.94. The van der Waals surface area contributed by atoms with Crippen molar-refractivity contribution < 1.29 is 14.3 Å². The van der Waals surface area contributed by atoms with Crippen LogP contribution in [-0.2, 0) is 11.3 Å². The molecule has 1 heterocycles. The van der Waals surface area contributed by atoms with Crippen LogP contribution in [0.5, 0.6) is 11.5 Å². The van der Waals surface area contributed by atoms with Crippen LogP contribution in [0.4, 0.5) is 5.69 Å². The number of anilines is 1. The minimum atomic E-state index is 0.0442. The first-order chi connectivity index (χ1) is 14.1.